The molecule has 6 nitrogen and oxygen atoms in total. The number of benzene rings is 1. The van der Waals surface area contributed by atoms with Gasteiger partial charge in [-0.15, -0.1) is 0 Å². The fraction of sp³-hybridized carbons (Fsp3) is 0.391. The van der Waals surface area contributed by atoms with Crippen LogP contribution in [-0.4, -0.2) is 28.8 Å². The third kappa shape index (κ3) is 4.53. The molecule has 0 saturated carbocycles. The van der Waals surface area contributed by atoms with E-state index in [1.54, 1.807) is 7.05 Å². The third-order valence-corrected chi connectivity index (χ3v) is 5.34. The van der Waals surface area contributed by atoms with Gasteiger partial charge in [-0.25, -0.2) is 0 Å². The van der Waals surface area contributed by atoms with Gasteiger partial charge in [0.05, 0.1) is 12.2 Å². The molecule has 4 rings (SSSR count). The molecule has 1 aliphatic carbocycles. The smallest absolute Gasteiger partial charge is 0.191 e. The van der Waals surface area contributed by atoms with Crippen LogP contribution in [0.3, 0.4) is 0 Å². The summed E-state index contributed by atoms with van der Waals surface area (Å²) < 4.78 is 8.04. The number of furan rings is 1. The van der Waals surface area contributed by atoms with Crippen LogP contribution in [0.5, 0.6) is 0 Å². The fourth-order valence-corrected chi connectivity index (χ4v) is 3.69. The van der Waals surface area contributed by atoms with Crippen LogP contribution in [0.2, 0.25) is 0 Å². The quantitative estimate of drug-likeness (QED) is 0.511. The van der Waals surface area contributed by atoms with E-state index in [1.165, 1.54) is 11.3 Å². The number of aliphatic imine (C=N–C) groups is 1. The Bertz CT molecular complexity index is 970. The Morgan fingerprint density at radius 2 is 2.07 bits per heavy atom. The maximum absolute atomic E-state index is 5.97. The van der Waals surface area contributed by atoms with Crippen molar-refractivity contribution in [3.05, 3.63) is 65.7 Å². The average molecular weight is 392 g/mol. The van der Waals surface area contributed by atoms with Crippen molar-refractivity contribution in [2.24, 2.45) is 4.99 Å². The molecule has 1 unspecified atom stereocenters. The van der Waals surface area contributed by atoms with Gasteiger partial charge < -0.3 is 15.1 Å². The zero-order chi connectivity index (χ0) is 20.2. The van der Waals surface area contributed by atoms with Crippen molar-refractivity contribution in [3.63, 3.8) is 0 Å². The monoisotopic (exact) mass is 391 g/mol. The molecule has 0 saturated heterocycles. The van der Waals surface area contributed by atoms with E-state index in [9.17, 15) is 0 Å². The molecule has 2 heterocycles. The Balaban J connectivity index is 1.33. The van der Waals surface area contributed by atoms with Gasteiger partial charge in [0.1, 0.15) is 11.5 Å². The molecular formula is C23H29N5O. The number of rotatable bonds is 5. The molecule has 2 N–H and O–H groups in total. The molecule has 0 radical (unpaired) electrons. The number of hydrogen-bond donors (Lipinski definition) is 2. The van der Waals surface area contributed by atoms with Crippen molar-refractivity contribution < 1.29 is 4.42 Å². The molecule has 0 spiro atoms. The highest BCUT2D eigenvalue weighted by Crippen LogP contribution is 2.23. The predicted octanol–water partition coefficient (Wildman–Crippen LogP) is 3.95. The SMILES string of the molecule is CN=C(NCc1ccc(-c2ccccc2)o1)NC1CCc2cn(C(C)C)nc2C1. The lowest BCUT2D eigenvalue weighted by Gasteiger charge is -2.24. The highest BCUT2D eigenvalue weighted by atomic mass is 16.3. The maximum atomic E-state index is 5.97. The van der Waals surface area contributed by atoms with E-state index in [-0.39, 0.29) is 0 Å². The second-order valence-electron chi connectivity index (χ2n) is 7.82. The lowest BCUT2D eigenvalue weighted by Crippen LogP contribution is -2.45. The summed E-state index contributed by atoms with van der Waals surface area (Å²) in [4.78, 5) is 4.38. The number of guanidine groups is 1. The molecule has 1 atom stereocenters. The van der Waals surface area contributed by atoms with Gasteiger partial charge in [0.15, 0.2) is 5.96 Å². The maximum Gasteiger partial charge on any atom is 0.191 e. The minimum atomic E-state index is 0.334. The highest BCUT2D eigenvalue weighted by molar-refractivity contribution is 5.80. The summed E-state index contributed by atoms with van der Waals surface area (Å²) in [5.41, 5.74) is 3.67. The molecule has 0 fully saturated rings. The molecule has 152 valence electrons. The molecule has 6 heteroatoms. The van der Waals surface area contributed by atoms with E-state index in [0.29, 0.717) is 18.6 Å². The van der Waals surface area contributed by atoms with E-state index >= 15 is 0 Å². The molecule has 2 aromatic heterocycles. The summed E-state index contributed by atoms with van der Waals surface area (Å²) in [5, 5.41) is 11.7. The lowest BCUT2D eigenvalue weighted by molar-refractivity contribution is 0.491. The molecule has 29 heavy (non-hydrogen) atoms. The van der Waals surface area contributed by atoms with Gasteiger partial charge in [0, 0.05) is 37.3 Å². The van der Waals surface area contributed by atoms with Crippen LogP contribution in [0.1, 0.15) is 43.3 Å². The van der Waals surface area contributed by atoms with Crippen LogP contribution in [0, 0.1) is 0 Å². The van der Waals surface area contributed by atoms with E-state index in [4.69, 9.17) is 9.52 Å². The van der Waals surface area contributed by atoms with Gasteiger partial charge in [-0.3, -0.25) is 9.67 Å². The van der Waals surface area contributed by atoms with E-state index in [1.807, 2.05) is 30.3 Å². The summed E-state index contributed by atoms with van der Waals surface area (Å²) in [6, 6.07) is 14.9. The normalized spacial score (nSPS) is 16.7. The van der Waals surface area contributed by atoms with Gasteiger partial charge in [0.25, 0.3) is 0 Å². The molecule has 1 aromatic carbocycles. The lowest BCUT2D eigenvalue weighted by atomic mass is 9.94. The summed E-state index contributed by atoms with van der Waals surface area (Å²) in [6.45, 7) is 4.92. The van der Waals surface area contributed by atoms with E-state index < -0.39 is 0 Å². The fourth-order valence-electron chi connectivity index (χ4n) is 3.69. The molecule has 0 aliphatic heterocycles. The van der Waals surface area contributed by atoms with Crippen LogP contribution >= 0.6 is 0 Å². The third-order valence-electron chi connectivity index (χ3n) is 5.34. The zero-order valence-electron chi connectivity index (χ0n) is 17.4. The predicted molar refractivity (Wildman–Crippen MR) is 116 cm³/mol. The van der Waals surface area contributed by atoms with Crippen LogP contribution in [0.4, 0.5) is 0 Å². The second kappa shape index (κ2) is 8.55. The van der Waals surface area contributed by atoms with Crippen molar-refractivity contribution in [1.82, 2.24) is 20.4 Å². The number of aryl methyl sites for hydroxylation is 1. The van der Waals surface area contributed by atoms with Gasteiger partial charge >= 0.3 is 0 Å². The van der Waals surface area contributed by atoms with Gasteiger partial charge in [-0.05, 0) is 44.4 Å². The molecular weight excluding hydrogens is 362 g/mol. The van der Waals surface area contributed by atoms with Crippen molar-refractivity contribution in [1.29, 1.82) is 0 Å². The first-order chi connectivity index (χ1) is 14.1. The molecule has 3 aromatic rings. The molecule has 0 amide bonds. The molecule has 0 bridgehead atoms. The second-order valence-corrected chi connectivity index (χ2v) is 7.82. The largest absolute Gasteiger partial charge is 0.459 e. The highest BCUT2D eigenvalue weighted by Gasteiger charge is 2.23. The van der Waals surface area contributed by atoms with Gasteiger partial charge in [-0.1, -0.05) is 30.3 Å². The van der Waals surface area contributed by atoms with Crippen LogP contribution in [0.25, 0.3) is 11.3 Å². The van der Waals surface area contributed by atoms with Crippen LogP contribution in [0.15, 0.2) is 58.1 Å². The Labute approximate surface area is 172 Å². The summed E-state index contributed by atoms with van der Waals surface area (Å²) in [6.07, 6.45) is 5.25. The van der Waals surface area contributed by atoms with Crippen LogP contribution in [-0.2, 0) is 19.4 Å². The van der Waals surface area contributed by atoms with Gasteiger partial charge in [-0.2, -0.15) is 5.10 Å². The Kier molecular flexibility index (Phi) is 5.69. The first-order valence-corrected chi connectivity index (χ1v) is 10.3. The summed E-state index contributed by atoms with van der Waals surface area (Å²) >= 11 is 0. The molecule has 1 aliphatic rings. The van der Waals surface area contributed by atoms with Gasteiger partial charge in [0.2, 0.25) is 0 Å². The first kappa shape index (κ1) is 19.3. The Hall–Kier alpha value is -3.02. The minimum absolute atomic E-state index is 0.334. The van der Waals surface area contributed by atoms with Crippen molar-refractivity contribution in [2.75, 3.05) is 7.05 Å². The first-order valence-electron chi connectivity index (χ1n) is 10.3. The average Bonchev–Trinajstić information content (AvgIpc) is 3.38. The summed E-state index contributed by atoms with van der Waals surface area (Å²) in [5.74, 6) is 2.55. The number of fused-ring (bicyclic) bond motifs is 1. The van der Waals surface area contributed by atoms with Crippen molar-refractivity contribution >= 4 is 5.96 Å². The van der Waals surface area contributed by atoms with Crippen molar-refractivity contribution in [3.8, 4) is 11.3 Å². The number of nitrogens with one attached hydrogen (secondary N) is 2. The Morgan fingerprint density at radius 3 is 2.83 bits per heavy atom. The van der Waals surface area contributed by atoms with E-state index in [0.717, 1.165) is 42.3 Å². The number of nitrogens with zero attached hydrogens (tertiary/aromatic N) is 3. The number of hydrogen-bond acceptors (Lipinski definition) is 3. The summed E-state index contributed by atoms with van der Waals surface area (Å²) in [7, 11) is 1.80. The standard InChI is InChI=1S/C23H29N5O/c1-16(2)28-15-18-9-10-19(13-21(18)27-28)26-23(24-3)25-14-20-11-12-22(29-20)17-7-5-4-6-8-17/h4-8,11-12,15-16,19H,9-10,13-14H2,1-3H3,(H2,24,25,26). The minimum Gasteiger partial charge on any atom is -0.459 e. The van der Waals surface area contributed by atoms with Crippen LogP contribution < -0.4 is 10.6 Å². The van der Waals surface area contributed by atoms with Crippen molar-refractivity contribution in [2.45, 2.75) is 51.7 Å². The topological polar surface area (TPSA) is 67.4 Å². The van der Waals surface area contributed by atoms with E-state index in [2.05, 4.69) is 52.5 Å². The Morgan fingerprint density at radius 1 is 1.24 bits per heavy atom. The zero-order valence-corrected chi connectivity index (χ0v) is 17.4. The number of aromatic nitrogens is 2.